The molecule has 2 unspecified atom stereocenters. The number of aliphatic carboxylic acids is 2. The van der Waals surface area contributed by atoms with Gasteiger partial charge in [0.05, 0.1) is 28.9 Å². The third-order valence-corrected chi connectivity index (χ3v) is 8.98. The van der Waals surface area contributed by atoms with Crippen molar-refractivity contribution in [3.05, 3.63) is 69.3 Å². The Balaban J connectivity index is 1.95. The molecule has 0 aliphatic carbocycles. The number of esters is 1. The normalized spacial score (nSPS) is 14.4. The Morgan fingerprint density at radius 3 is 1.91 bits per heavy atom. The van der Waals surface area contributed by atoms with Crippen molar-refractivity contribution in [3.63, 3.8) is 0 Å². The number of fused-ring (bicyclic) bond motifs is 8. The number of carboxylic acid groups (broad SMARTS) is 2. The summed E-state index contributed by atoms with van der Waals surface area (Å²) in [5.41, 5.74) is 11.6. The van der Waals surface area contributed by atoms with Gasteiger partial charge in [-0.3, -0.25) is 14.4 Å². The van der Waals surface area contributed by atoms with Crippen LogP contribution in [-0.4, -0.2) is 59.3 Å². The molecule has 47 heavy (non-hydrogen) atoms. The molecule has 0 saturated carbocycles. The van der Waals surface area contributed by atoms with Crippen molar-refractivity contribution >= 4 is 62.3 Å². The van der Waals surface area contributed by atoms with E-state index >= 15 is 0 Å². The van der Waals surface area contributed by atoms with Crippen LogP contribution in [0, 0.1) is 13.8 Å². The van der Waals surface area contributed by atoms with E-state index in [4.69, 9.17) is 14.7 Å². The molecular formula is C36H40N4O7. The topological polar surface area (TPSA) is 178 Å². The fraction of sp³-hybridized carbons (Fsp3) is 0.361. The quantitative estimate of drug-likeness (QED) is 0.160. The Morgan fingerprint density at radius 1 is 0.745 bits per heavy atom. The molecular weight excluding hydrogens is 600 g/mol. The second-order valence-electron chi connectivity index (χ2n) is 12.2. The Kier molecular flexibility index (Phi) is 9.22. The fourth-order valence-electron chi connectivity index (χ4n) is 6.61. The molecule has 3 aromatic heterocycles. The highest BCUT2D eigenvalue weighted by molar-refractivity contribution is 5.96. The molecule has 0 spiro atoms. The average Bonchev–Trinajstić information content (AvgIpc) is 3.63. The molecule has 0 saturated heterocycles. The molecule has 5 rings (SSSR count). The average molecular weight is 641 g/mol. The van der Waals surface area contributed by atoms with E-state index in [1.54, 1.807) is 6.92 Å². The first-order valence-electron chi connectivity index (χ1n) is 15.6. The number of carbonyl (C=O) groups excluding carboxylic acids is 1. The van der Waals surface area contributed by atoms with Gasteiger partial charge in [-0.25, -0.2) is 9.97 Å². The molecule has 2 aliphatic heterocycles. The lowest BCUT2D eigenvalue weighted by molar-refractivity contribution is -0.145. The second-order valence-corrected chi connectivity index (χ2v) is 12.2. The lowest BCUT2D eigenvalue weighted by Gasteiger charge is -2.12. The van der Waals surface area contributed by atoms with Gasteiger partial charge in [0.2, 0.25) is 0 Å². The van der Waals surface area contributed by atoms with Crippen LogP contribution >= 0.6 is 0 Å². The van der Waals surface area contributed by atoms with Crippen molar-refractivity contribution in [3.8, 4) is 0 Å². The van der Waals surface area contributed by atoms with Crippen LogP contribution in [0.3, 0.4) is 0 Å². The summed E-state index contributed by atoms with van der Waals surface area (Å²) in [5.74, 6) is -2.26. The number of aliphatic hydroxyl groups is 1. The Hall–Kier alpha value is -5.03. The predicted molar refractivity (Wildman–Crippen MR) is 180 cm³/mol. The first-order valence-corrected chi connectivity index (χ1v) is 15.6. The zero-order valence-electron chi connectivity index (χ0n) is 27.7. The van der Waals surface area contributed by atoms with Crippen LogP contribution in [0.15, 0.2) is 24.3 Å². The van der Waals surface area contributed by atoms with Crippen molar-refractivity contribution < 1.29 is 34.4 Å². The van der Waals surface area contributed by atoms with E-state index in [2.05, 4.69) is 9.97 Å². The number of H-pyrrole nitrogens is 2. The van der Waals surface area contributed by atoms with Gasteiger partial charge in [0.1, 0.15) is 6.10 Å². The number of ether oxygens (including phenoxy) is 1. The number of aryl methyl sites for hydroxylation is 3. The standard InChI is InChI=1S/C36H40N4O7/c1-16-23(8-10-33(43)44)29-15-30-24(9-11-34(45)46)17(2)26(38-30)13-31-35(20(5)41)18(3)28(39-31)14-32-36(21(6)47-22(7)42)19(4)27(40-32)12-25(16)37-29/h12-15,20-21,38,40-41H,8-11H2,1-7H3,(H,43,44)(H,45,46). The molecule has 2 atom stereocenters. The number of carbonyl (C=O) groups is 3. The molecule has 5 N–H and O–H groups in total. The van der Waals surface area contributed by atoms with Crippen LogP contribution in [0.2, 0.25) is 0 Å². The number of hydrogen-bond donors (Lipinski definition) is 5. The van der Waals surface area contributed by atoms with Crippen LogP contribution in [0.25, 0.3) is 44.4 Å². The van der Waals surface area contributed by atoms with Gasteiger partial charge in [-0.2, -0.15) is 0 Å². The monoisotopic (exact) mass is 640 g/mol. The highest BCUT2D eigenvalue weighted by Gasteiger charge is 2.24. The van der Waals surface area contributed by atoms with Gasteiger partial charge in [0.25, 0.3) is 0 Å². The van der Waals surface area contributed by atoms with Gasteiger partial charge in [-0.15, -0.1) is 0 Å². The van der Waals surface area contributed by atoms with Gasteiger partial charge < -0.3 is 30.0 Å². The third kappa shape index (κ3) is 6.62. The number of rotatable bonds is 9. The number of allylic oxidation sites excluding steroid dienone is 3. The fourth-order valence-corrected chi connectivity index (χ4v) is 6.61. The minimum Gasteiger partial charge on any atom is -0.481 e. The van der Waals surface area contributed by atoms with E-state index in [0.717, 1.165) is 44.5 Å². The van der Waals surface area contributed by atoms with Gasteiger partial charge in [-0.05, 0) is 112 Å². The number of aromatic amines is 2. The lowest BCUT2D eigenvalue weighted by atomic mass is 9.99. The summed E-state index contributed by atoms with van der Waals surface area (Å²) in [6, 6.07) is 7.51. The Bertz CT molecular complexity index is 2040. The molecule has 0 fully saturated rings. The third-order valence-electron chi connectivity index (χ3n) is 8.98. The number of hydrogen-bond acceptors (Lipinski definition) is 7. The summed E-state index contributed by atoms with van der Waals surface area (Å²) in [6.45, 7) is 12.5. The van der Waals surface area contributed by atoms with E-state index in [-0.39, 0.29) is 25.7 Å². The minimum absolute atomic E-state index is 0.0780. The number of aromatic nitrogens is 4. The van der Waals surface area contributed by atoms with Crippen LogP contribution in [0.1, 0.15) is 105 Å². The molecule has 11 nitrogen and oxygen atoms in total. The first kappa shape index (κ1) is 33.3. The molecule has 2 aliphatic rings. The van der Waals surface area contributed by atoms with Gasteiger partial charge >= 0.3 is 17.9 Å². The number of carboxylic acids is 2. The van der Waals surface area contributed by atoms with Gasteiger partial charge in [0, 0.05) is 53.0 Å². The zero-order valence-corrected chi connectivity index (χ0v) is 27.7. The van der Waals surface area contributed by atoms with Crippen molar-refractivity contribution in [1.29, 1.82) is 0 Å². The molecule has 5 heterocycles. The van der Waals surface area contributed by atoms with Crippen LogP contribution in [0.4, 0.5) is 0 Å². The van der Waals surface area contributed by atoms with E-state index in [9.17, 15) is 29.7 Å². The smallest absolute Gasteiger partial charge is 0.303 e. The summed E-state index contributed by atoms with van der Waals surface area (Å²) in [5, 5.41) is 29.9. The maximum absolute atomic E-state index is 12.0. The van der Waals surface area contributed by atoms with Crippen LogP contribution < -0.4 is 0 Å². The Morgan fingerprint density at radius 2 is 1.28 bits per heavy atom. The van der Waals surface area contributed by atoms with Crippen molar-refractivity contribution in [2.75, 3.05) is 0 Å². The van der Waals surface area contributed by atoms with Crippen LogP contribution in [-0.2, 0) is 25.5 Å². The molecule has 8 bridgehead atoms. The summed E-state index contributed by atoms with van der Waals surface area (Å²) >= 11 is 0. The van der Waals surface area contributed by atoms with Gasteiger partial charge in [0.15, 0.2) is 0 Å². The van der Waals surface area contributed by atoms with Gasteiger partial charge in [-0.1, -0.05) is 0 Å². The molecule has 0 amide bonds. The molecule has 11 heteroatoms. The van der Waals surface area contributed by atoms with Crippen molar-refractivity contribution in [1.82, 2.24) is 19.9 Å². The molecule has 0 radical (unpaired) electrons. The highest BCUT2D eigenvalue weighted by Crippen LogP contribution is 2.38. The van der Waals surface area contributed by atoms with E-state index in [0.29, 0.717) is 44.9 Å². The lowest BCUT2D eigenvalue weighted by Crippen LogP contribution is -2.05. The highest BCUT2D eigenvalue weighted by atomic mass is 16.5. The second kappa shape index (κ2) is 13.0. The molecule has 3 aromatic rings. The maximum atomic E-state index is 12.0. The number of nitrogens with zero attached hydrogens (tertiary/aromatic N) is 2. The van der Waals surface area contributed by atoms with Crippen molar-refractivity contribution in [2.24, 2.45) is 0 Å². The van der Waals surface area contributed by atoms with Crippen molar-refractivity contribution in [2.45, 2.75) is 86.4 Å². The number of nitrogens with one attached hydrogen (secondary N) is 2. The Labute approximate surface area is 272 Å². The van der Waals surface area contributed by atoms with E-state index in [1.165, 1.54) is 6.92 Å². The first-order chi connectivity index (χ1) is 22.2. The van der Waals surface area contributed by atoms with E-state index < -0.39 is 30.1 Å². The largest absolute Gasteiger partial charge is 0.481 e. The number of aliphatic hydroxyl groups excluding tert-OH is 1. The SMILES string of the molecule is CC(=O)OC(C)c1c(C)c2cc3nc(cc4[nH]c(cc5nc(cc1[nH]2)C(C)=C5C(C)O)c(C)c4CCC(=O)O)C(CCC(=O)O)=C3C. The maximum Gasteiger partial charge on any atom is 0.303 e. The predicted octanol–water partition coefficient (Wildman–Crippen LogP) is 6.68. The zero-order chi connectivity index (χ0) is 34.3. The summed E-state index contributed by atoms with van der Waals surface area (Å²) in [7, 11) is 0. The summed E-state index contributed by atoms with van der Waals surface area (Å²) in [4.78, 5) is 52.0. The summed E-state index contributed by atoms with van der Waals surface area (Å²) < 4.78 is 5.62. The van der Waals surface area contributed by atoms with Crippen LogP contribution in [0.5, 0.6) is 0 Å². The molecule has 0 aromatic carbocycles. The minimum atomic E-state index is -0.926. The molecule has 246 valence electrons. The summed E-state index contributed by atoms with van der Waals surface area (Å²) in [6.07, 6.45) is -1.05. The van der Waals surface area contributed by atoms with E-state index in [1.807, 2.05) is 58.9 Å².